The van der Waals surface area contributed by atoms with Crippen molar-refractivity contribution < 1.29 is 24.5 Å². The Hall–Kier alpha value is -1.66. The first kappa shape index (κ1) is 66.3. The van der Waals surface area contributed by atoms with E-state index in [0.717, 1.165) is 44.9 Å². The molecular weight excluding hydrogens is 839 g/mol. The minimum absolute atomic E-state index is 0.000571. The molecule has 0 rings (SSSR count). The quantitative estimate of drug-likeness (QED) is 0.0321. The van der Waals surface area contributed by atoms with Crippen molar-refractivity contribution in [3.8, 4) is 0 Å². The molecule has 0 aromatic rings. The zero-order valence-electron chi connectivity index (χ0n) is 45.9. The Balaban J connectivity index is 3.44. The van der Waals surface area contributed by atoms with E-state index < -0.39 is 12.1 Å². The monoisotopic (exact) mass is 958 g/mol. The molecule has 0 spiro atoms. The summed E-state index contributed by atoms with van der Waals surface area (Å²) in [7, 11) is 0. The first-order valence-corrected chi connectivity index (χ1v) is 30.6. The zero-order chi connectivity index (χ0) is 49.3. The van der Waals surface area contributed by atoms with Crippen molar-refractivity contribution in [3.63, 3.8) is 0 Å². The van der Waals surface area contributed by atoms with E-state index in [1.54, 1.807) is 6.08 Å². The first-order chi connectivity index (χ1) is 33.5. The van der Waals surface area contributed by atoms with Crippen LogP contribution in [0.5, 0.6) is 0 Å². The molecule has 6 heteroatoms. The Kier molecular flexibility index (Phi) is 56.5. The number of amides is 1. The Morgan fingerprint density at radius 2 is 0.691 bits per heavy atom. The summed E-state index contributed by atoms with van der Waals surface area (Å²) in [6.07, 6.45) is 70.6. The molecule has 0 aliphatic carbocycles. The van der Waals surface area contributed by atoms with E-state index in [1.807, 2.05) is 6.08 Å². The number of hydrogen-bond donors (Lipinski definition) is 3. The Labute approximate surface area is 424 Å². The number of hydrogen-bond acceptors (Lipinski definition) is 5. The summed E-state index contributed by atoms with van der Waals surface area (Å²) in [6.45, 7) is 4.90. The number of aliphatic hydroxyl groups excluding tert-OH is 2. The van der Waals surface area contributed by atoms with E-state index in [-0.39, 0.29) is 18.5 Å². The van der Waals surface area contributed by atoms with Gasteiger partial charge in [-0.15, -0.1) is 0 Å². The second kappa shape index (κ2) is 57.9. The van der Waals surface area contributed by atoms with Crippen LogP contribution in [0, 0.1) is 0 Å². The highest BCUT2D eigenvalue weighted by Crippen LogP contribution is 2.17. The molecule has 6 nitrogen and oxygen atoms in total. The highest BCUT2D eigenvalue weighted by Gasteiger charge is 2.18. The SMILES string of the molecule is CCCCCC/C=C\CCCCCCCC(=O)OCCCCCCCCCCCCCCCCCCCCCC(=O)NC(CO)C(O)/C=C/CCCCCCCCCCCCCCCCCCC. The van der Waals surface area contributed by atoms with Gasteiger partial charge in [0.2, 0.25) is 5.91 Å². The van der Waals surface area contributed by atoms with Crippen LogP contribution in [0.2, 0.25) is 0 Å². The third kappa shape index (κ3) is 53.7. The van der Waals surface area contributed by atoms with Gasteiger partial charge in [-0.1, -0.05) is 289 Å². The van der Waals surface area contributed by atoms with Gasteiger partial charge in [0.15, 0.2) is 0 Å². The number of aliphatic hydroxyl groups is 2. The molecule has 0 radical (unpaired) electrons. The molecule has 0 saturated carbocycles. The number of esters is 1. The highest BCUT2D eigenvalue weighted by molar-refractivity contribution is 5.76. The average molecular weight is 959 g/mol. The summed E-state index contributed by atoms with van der Waals surface area (Å²) in [4.78, 5) is 24.5. The fraction of sp³-hybridized carbons (Fsp3) is 0.903. The zero-order valence-corrected chi connectivity index (χ0v) is 45.9. The maximum atomic E-state index is 12.5. The van der Waals surface area contributed by atoms with Crippen molar-refractivity contribution in [1.82, 2.24) is 5.32 Å². The largest absolute Gasteiger partial charge is 0.466 e. The van der Waals surface area contributed by atoms with E-state index in [0.29, 0.717) is 19.4 Å². The molecule has 0 heterocycles. The molecule has 0 saturated heterocycles. The molecule has 0 fully saturated rings. The van der Waals surface area contributed by atoms with Gasteiger partial charge in [0.1, 0.15) is 0 Å². The van der Waals surface area contributed by atoms with Crippen molar-refractivity contribution in [3.05, 3.63) is 24.3 Å². The van der Waals surface area contributed by atoms with E-state index >= 15 is 0 Å². The van der Waals surface area contributed by atoms with Crippen LogP contribution in [0.4, 0.5) is 0 Å². The van der Waals surface area contributed by atoms with E-state index in [4.69, 9.17) is 4.74 Å². The maximum Gasteiger partial charge on any atom is 0.305 e. The summed E-state index contributed by atoms with van der Waals surface area (Å²) in [6, 6.07) is -0.630. The van der Waals surface area contributed by atoms with Gasteiger partial charge in [0, 0.05) is 12.8 Å². The lowest BCUT2D eigenvalue weighted by Crippen LogP contribution is -2.45. The first-order valence-electron chi connectivity index (χ1n) is 30.6. The summed E-state index contributed by atoms with van der Waals surface area (Å²) >= 11 is 0. The molecule has 0 aromatic carbocycles. The number of rotatable bonds is 57. The summed E-state index contributed by atoms with van der Waals surface area (Å²) in [5, 5.41) is 23.2. The van der Waals surface area contributed by atoms with Crippen LogP contribution in [0.1, 0.15) is 335 Å². The third-order valence-corrected chi connectivity index (χ3v) is 14.2. The Morgan fingerprint density at radius 3 is 1.06 bits per heavy atom. The molecule has 3 N–H and O–H groups in total. The number of allylic oxidation sites excluding steroid dienone is 3. The number of unbranched alkanes of at least 4 members (excludes halogenated alkanes) is 44. The van der Waals surface area contributed by atoms with Crippen LogP contribution in [0.15, 0.2) is 24.3 Å². The molecule has 402 valence electrons. The molecule has 0 aliphatic heterocycles. The van der Waals surface area contributed by atoms with Crippen molar-refractivity contribution in [2.45, 2.75) is 347 Å². The van der Waals surface area contributed by atoms with Crippen LogP contribution in [0.3, 0.4) is 0 Å². The fourth-order valence-electron chi connectivity index (χ4n) is 9.51. The number of ether oxygens (including phenoxy) is 1. The van der Waals surface area contributed by atoms with Crippen molar-refractivity contribution in [1.29, 1.82) is 0 Å². The normalized spacial score (nSPS) is 12.7. The van der Waals surface area contributed by atoms with Crippen molar-refractivity contribution in [2.24, 2.45) is 0 Å². The van der Waals surface area contributed by atoms with Crippen molar-refractivity contribution >= 4 is 11.9 Å². The van der Waals surface area contributed by atoms with Gasteiger partial charge >= 0.3 is 5.97 Å². The van der Waals surface area contributed by atoms with Gasteiger partial charge in [-0.2, -0.15) is 0 Å². The molecular formula is C62H119NO5. The van der Waals surface area contributed by atoms with Crippen LogP contribution in [-0.2, 0) is 14.3 Å². The van der Waals surface area contributed by atoms with E-state index in [1.165, 1.54) is 263 Å². The van der Waals surface area contributed by atoms with Crippen molar-refractivity contribution in [2.75, 3.05) is 13.2 Å². The van der Waals surface area contributed by atoms with Gasteiger partial charge in [-0.25, -0.2) is 0 Å². The summed E-state index contributed by atoms with van der Waals surface area (Å²) < 4.78 is 5.47. The highest BCUT2D eigenvalue weighted by atomic mass is 16.5. The molecule has 0 aliphatic rings. The lowest BCUT2D eigenvalue weighted by Gasteiger charge is -2.20. The minimum Gasteiger partial charge on any atom is -0.466 e. The molecule has 68 heavy (non-hydrogen) atoms. The van der Waals surface area contributed by atoms with Gasteiger partial charge in [0.25, 0.3) is 0 Å². The lowest BCUT2D eigenvalue weighted by molar-refractivity contribution is -0.143. The van der Waals surface area contributed by atoms with E-state index in [9.17, 15) is 19.8 Å². The molecule has 2 unspecified atom stereocenters. The van der Waals surface area contributed by atoms with Crippen LogP contribution >= 0.6 is 0 Å². The fourth-order valence-corrected chi connectivity index (χ4v) is 9.51. The van der Waals surface area contributed by atoms with E-state index in [2.05, 4.69) is 31.3 Å². The standard InChI is InChI=1S/C62H119NO5/c1-3-5-7-9-11-13-15-17-18-19-21-24-27-31-34-38-42-46-50-54-60(65)59(58-64)63-61(66)55-51-47-43-39-35-32-28-25-22-20-23-26-29-33-37-41-45-49-53-57-68-62(67)56-52-48-44-40-36-30-16-14-12-10-8-6-4-2/h14,16,50,54,59-60,64-65H,3-13,15,17-49,51-53,55-58H2,1-2H3,(H,63,66)/b16-14-,54-50+. The molecule has 0 bridgehead atoms. The Bertz CT molecular complexity index is 1060. The van der Waals surface area contributed by atoms with Gasteiger partial charge in [-0.05, 0) is 57.8 Å². The minimum atomic E-state index is -0.847. The molecule has 2 atom stereocenters. The topological polar surface area (TPSA) is 95.9 Å². The second-order valence-corrected chi connectivity index (χ2v) is 21.0. The van der Waals surface area contributed by atoms with Crippen LogP contribution in [0.25, 0.3) is 0 Å². The third-order valence-electron chi connectivity index (χ3n) is 14.2. The smallest absolute Gasteiger partial charge is 0.305 e. The van der Waals surface area contributed by atoms with Crippen LogP contribution in [-0.4, -0.2) is 47.4 Å². The maximum absolute atomic E-state index is 12.5. The van der Waals surface area contributed by atoms with Gasteiger partial charge in [-0.3, -0.25) is 9.59 Å². The van der Waals surface area contributed by atoms with Gasteiger partial charge < -0.3 is 20.3 Å². The number of carbonyl (C=O) groups is 2. The van der Waals surface area contributed by atoms with Crippen LogP contribution < -0.4 is 5.32 Å². The number of nitrogens with one attached hydrogen (secondary N) is 1. The average Bonchev–Trinajstić information content (AvgIpc) is 3.34. The number of carbonyl (C=O) groups excluding carboxylic acids is 2. The predicted molar refractivity (Wildman–Crippen MR) is 296 cm³/mol. The Morgan fingerprint density at radius 1 is 0.397 bits per heavy atom. The molecule has 0 aromatic heterocycles. The lowest BCUT2D eigenvalue weighted by atomic mass is 10.0. The summed E-state index contributed by atoms with van der Waals surface area (Å²) in [5.41, 5.74) is 0. The predicted octanol–water partition coefficient (Wildman–Crippen LogP) is 19.0. The summed E-state index contributed by atoms with van der Waals surface area (Å²) in [5.74, 6) is -0.0689. The van der Waals surface area contributed by atoms with Gasteiger partial charge in [0.05, 0.1) is 25.4 Å². The second-order valence-electron chi connectivity index (χ2n) is 21.0. The molecule has 1 amide bonds.